The Balaban J connectivity index is 0. The molecule has 0 aromatic heterocycles. The van der Waals surface area contributed by atoms with E-state index in [-0.39, 0.29) is 13.2 Å². The van der Waals surface area contributed by atoms with Gasteiger partial charge >= 0.3 is 11.0 Å². The zero-order chi connectivity index (χ0) is 27.1. The van der Waals surface area contributed by atoms with E-state index in [1.165, 1.54) is 51.4 Å². The molecule has 0 fully saturated rings. The van der Waals surface area contributed by atoms with Crippen LogP contribution in [-0.4, -0.2) is 81.9 Å². The summed E-state index contributed by atoms with van der Waals surface area (Å²) in [5, 5.41) is 18.6. The lowest BCUT2D eigenvalue weighted by Gasteiger charge is -2.38. The number of alkyl halides is 6. The summed E-state index contributed by atoms with van der Waals surface area (Å²) in [6.45, 7) is 8.75. The number of hydrogen-bond acceptors (Lipinski definition) is 6. The van der Waals surface area contributed by atoms with E-state index in [4.69, 9.17) is 0 Å². The molecule has 0 aliphatic carbocycles. The highest BCUT2D eigenvalue weighted by Gasteiger charge is 2.46. The first kappa shape index (κ1) is 35.5. The number of halogens is 6. The molecule has 0 bridgehead atoms. The summed E-state index contributed by atoms with van der Waals surface area (Å²) in [4.78, 5) is 0. The highest BCUT2D eigenvalue weighted by Crippen LogP contribution is 2.36. The van der Waals surface area contributed by atoms with Crippen LogP contribution >= 0.6 is 0 Å². The normalized spacial score (nSPS) is 13.5. The molecule has 0 atom stereocenters. The molecule has 2 N–H and O–H groups in total. The maximum absolute atomic E-state index is 11.4. The Bertz CT molecular complexity index is 695. The topological polar surface area (TPSA) is 123 Å². The average Bonchev–Trinajstić information content (AvgIpc) is 2.67. The molecule has 0 amide bonds. The second-order valence-electron chi connectivity index (χ2n) is 7.72. The maximum atomic E-state index is 11.4. The van der Waals surface area contributed by atoms with Crippen molar-refractivity contribution < 1.29 is 57.9 Å². The fraction of sp³-hybridized carbons (Fsp3) is 1.00. The molecule has 0 heterocycles. The van der Waals surface area contributed by atoms with Crippen molar-refractivity contribution in [2.24, 2.45) is 0 Å². The van der Waals surface area contributed by atoms with Gasteiger partial charge in [0.25, 0.3) is 0 Å². The first-order chi connectivity index (χ1) is 15.4. The van der Waals surface area contributed by atoms with Crippen LogP contribution in [0.15, 0.2) is 0 Å². The number of hydrogen-bond donors (Lipinski definition) is 2. The molecule has 0 unspecified atom stereocenters. The van der Waals surface area contributed by atoms with Crippen molar-refractivity contribution in [3.8, 4) is 0 Å². The predicted molar refractivity (Wildman–Crippen MR) is 115 cm³/mol. The second-order valence-corrected chi connectivity index (χ2v) is 11.1. The van der Waals surface area contributed by atoms with E-state index in [0.29, 0.717) is 0 Å². The molecule has 0 aliphatic heterocycles. The van der Waals surface area contributed by atoms with Crippen LogP contribution in [0.3, 0.4) is 0 Å². The van der Waals surface area contributed by atoms with Gasteiger partial charge in [0.15, 0.2) is 20.0 Å². The Morgan fingerprint density at radius 3 is 1.32 bits per heavy atom. The van der Waals surface area contributed by atoms with Gasteiger partial charge in [0.2, 0.25) is 0 Å². The van der Waals surface area contributed by atoms with Crippen LogP contribution in [0.25, 0.3) is 4.13 Å². The fourth-order valence-corrected chi connectivity index (χ4v) is 4.74. The van der Waals surface area contributed by atoms with E-state index >= 15 is 0 Å². The van der Waals surface area contributed by atoms with Crippen LogP contribution in [-0.2, 0) is 20.0 Å². The van der Waals surface area contributed by atoms with E-state index in [2.05, 4.69) is 13.8 Å². The number of unbranched alkanes of at least 4 members (excludes halogenated alkanes) is 6. The van der Waals surface area contributed by atoms with E-state index < -0.39 is 31.1 Å². The molecule has 0 rings (SSSR count). The molecule has 0 saturated heterocycles. The monoisotopic (exact) mass is 554 g/mol. The molecule has 208 valence electrons. The van der Waals surface area contributed by atoms with E-state index in [9.17, 15) is 53.4 Å². The zero-order valence-corrected chi connectivity index (χ0v) is 21.0. The largest absolute Gasteiger partial charge is 0.480 e. The molecule has 0 radical (unpaired) electrons. The number of aliphatic hydroxyl groups is 2. The Morgan fingerprint density at radius 1 is 0.618 bits per heavy atom. The molecule has 0 aromatic rings. The zero-order valence-electron chi connectivity index (χ0n) is 19.4. The standard InChI is InChI=1S/C16H36NO2.C2F6NO4S2/c1-3-5-7-8-9-10-12-17(13-15-18,14-16-19)11-6-4-2;3-1(4,5)14(10,11)9-15(12,13)2(6,7)8/h18-19H,3-16H2,1-2H3;/q+1;-1. The van der Waals surface area contributed by atoms with Crippen molar-refractivity contribution in [1.29, 1.82) is 0 Å². The molecule has 0 saturated carbocycles. The summed E-state index contributed by atoms with van der Waals surface area (Å²) in [5.41, 5.74) is -12.4. The highest BCUT2D eigenvalue weighted by molar-refractivity contribution is 8.13. The molecule has 34 heavy (non-hydrogen) atoms. The Kier molecular flexibility index (Phi) is 16.8. The van der Waals surface area contributed by atoms with Crippen LogP contribution in [0.4, 0.5) is 26.3 Å². The summed E-state index contributed by atoms with van der Waals surface area (Å²) in [5.74, 6) is 0. The Labute approximate surface area is 198 Å². The summed E-state index contributed by atoms with van der Waals surface area (Å²) in [6.07, 6.45) is 10.2. The Morgan fingerprint density at radius 2 is 0.971 bits per heavy atom. The molecule has 16 heteroatoms. The van der Waals surface area contributed by atoms with Gasteiger partial charge in [0, 0.05) is 0 Å². The lowest BCUT2D eigenvalue weighted by molar-refractivity contribution is -0.929. The van der Waals surface area contributed by atoms with Crippen molar-refractivity contribution in [1.82, 2.24) is 0 Å². The van der Waals surface area contributed by atoms with Crippen LogP contribution in [0.1, 0.15) is 65.2 Å². The number of sulfonamides is 2. The maximum Gasteiger partial charge on any atom is 0.480 e. The minimum atomic E-state index is -6.72. The van der Waals surface area contributed by atoms with Crippen LogP contribution < -0.4 is 0 Å². The minimum Gasteiger partial charge on any atom is -0.421 e. The number of rotatable bonds is 16. The molecule has 0 aromatic carbocycles. The Hall–Kier alpha value is -0.680. The van der Waals surface area contributed by atoms with E-state index in [1.807, 2.05) is 0 Å². The highest BCUT2D eigenvalue weighted by atomic mass is 32.3. The minimum absolute atomic E-state index is 0.236. The van der Waals surface area contributed by atoms with Gasteiger partial charge in [-0.15, -0.1) is 0 Å². The third-order valence-electron chi connectivity index (χ3n) is 4.90. The summed E-state index contributed by atoms with van der Waals surface area (Å²) >= 11 is 0. The quantitative estimate of drug-likeness (QED) is 0.169. The molecule has 0 aliphatic rings. The van der Waals surface area contributed by atoms with Gasteiger partial charge in [0.1, 0.15) is 13.1 Å². The lowest BCUT2D eigenvalue weighted by Crippen LogP contribution is -2.52. The van der Waals surface area contributed by atoms with Crippen molar-refractivity contribution in [2.75, 3.05) is 39.4 Å². The van der Waals surface area contributed by atoms with Gasteiger partial charge in [-0.1, -0.05) is 46.0 Å². The van der Waals surface area contributed by atoms with Gasteiger partial charge in [-0.05, 0) is 19.3 Å². The van der Waals surface area contributed by atoms with Gasteiger partial charge in [-0.2, -0.15) is 26.3 Å². The summed E-state index contributed by atoms with van der Waals surface area (Å²) < 4.78 is 110. The predicted octanol–water partition coefficient (Wildman–Crippen LogP) is 4.01. The van der Waals surface area contributed by atoms with Gasteiger partial charge < -0.3 is 18.8 Å². The van der Waals surface area contributed by atoms with Crippen molar-refractivity contribution in [3.05, 3.63) is 4.13 Å². The van der Waals surface area contributed by atoms with Crippen molar-refractivity contribution in [3.63, 3.8) is 0 Å². The molecular formula is C18H36F6N2O6S2. The SMILES string of the molecule is CCCCCCCC[N+](CCO)(CCO)CCCC.O=S(=O)([N-]S(=O)(=O)C(F)(F)F)C(F)(F)F. The van der Waals surface area contributed by atoms with Gasteiger partial charge in [-0.3, -0.25) is 0 Å². The fourth-order valence-electron chi connectivity index (χ4n) is 3.03. The summed E-state index contributed by atoms with van der Waals surface area (Å²) in [6, 6.07) is 0. The van der Waals surface area contributed by atoms with E-state index in [1.54, 1.807) is 0 Å². The first-order valence-corrected chi connectivity index (χ1v) is 13.8. The number of aliphatic hydroxyl groups excluding tert-OH is 2. The summed E-state index contributed by atoms with van der Waals surface area (Å²) in [7, 11) is -13.4. The van der Waals surface area contributed by atoms with Crippen LogP contribution in [0, 0.1) is 0 Å². The average molecular weight is 555 g/mol. The van der Waals surface area contributed by atoms with Gasteiger partial charge in [-0.25, -0.2) is 16.8 Å². The third kappa shape index (κ3) is 14.0. The van der Waals surface area contributed by atoms with Gasteiger partial charge in [0.05, 0.1) is 26.3 Å². The molecule has 0 spiro atoms. The smallest absolute Gasteiger partial charge is 0.421 e. The first-order valence-electron chi connectivity index (χ1n) is 10.9. The van der Waals surface area contributed by atoms with Crippen LogP contribution in [0.2, 0.25) is 0 Å². The van der Waals surface area contributed by atoms with Crippen molar-refractivity contribution in [2.45, 2.75) is 76.2 Å². The lowest BCUT2D eigenvalue weighted by atomic mass is 10.1. The second kappa shape index (κ2) is 16.1. The molecule has 8 nitrogen and oxygen atoms in total. The van der Waals surface area contributed by atoms with Crippen molar-refractivity contribution >= 4 is 20.0 Å². The third-order valence-corrected chi connectivity index (χ3v) is 7.64. The number of nitrogens with zero attached hydrogens (tertiary/aromatic N) is 2. The molecular weight excluding hydrogens is 518 g/mol. The number of quaternary nitrogens is 1. The van der Waals surface area contributed by atoms with E-state index in [0.717, 1.165) is 34.8 Å². The van der Waals surface area contributed by atoms with Crippen LogP contribution in [0.5, 0.6) is 0 Å².